The first-order chi connectivity index (χ1) is 7.66. The molecule has 0 rings (SSSR count). The highest BCUT2D eigenvalue weighted by atomic mass is 32.2. The number of carbonyl (C=O) groups is 1. The Morgan fingerprint density at radius 2 is 1.94 bits per heavy atom. The molecule has 100 valence electrons. The average molecular weight is 263 g/mol. The normalized spacial score (nSPS) is 13.2. The Morgan fingerprint density at radius 3 is 2.35 bits per heavy atom. The fraction of sp³-hybridized carbons (Fsp3) is 0.727. The maximum absolute atomic E-state index is 11.4. The van der Waals surface area contributed by atoms with Crippen molar-refractivity contribution in [2.75, 3.05) is 13.6 Å². The molecule has 6 heteroatoms. The second-order valence-corrected chi connectivity index (χ2v) is 6.16. The summed E-state index contributed by atoms with van der Waals surface area (Å²) in [6, 6.07) is 0. The van der Waals surface area contributed by atoms with Gasteiger partial charge in [-0.2, -0.15) is 8.42 Å². The van der Waals surface area contributed by atoms with Gasteiger partial charge < -0.3 is 4.90 Å². The first-order valence-electron chi connectivity index (χ1n) is 5.53. The van der Waals surface area contributed by atoms with Gasteiger partial charge in [0.25, 0.3) is 10.1 Å². The topological polar surface area (TPSA) is 74.7 Å². The molecule has 0 heterocycles. The summed E-state index contributed by atoms with van der Waals surface area (Å²) >= 11 is 0. The van der Waals surface area contributed by atoms with E-state index in [1.165, 1.54) is 6.92 Å². The maximum Gasteiger partial charge on any atom is 0.267 e. The predicted molar refractivity (Wildman–Crippen MR) is 67.3 cm³/mol. The van der Waals surface area contributed by atoms with Gasteiger partial charge in [0.2, 0.25) is 5.91 Å². The van der Waals surface area contributed by atoms with E-state index in [0.29, 0.717) is 31.4 Å². The van der Waals surface area contributed by atoms with Crippen LogP contribution in [-0.4, -0.2) is 42.6 Å². The molecule has 0 spiro atoms. The largest absolute Gasteiger partial charge is 0.342 e. The highest BCUT2D eigenvalue weighted by molar-refractivity contribution is 7.86. The van der Waals surface area contributed by atoms with Crippen LogP contribution in [0.25, 0.3) is 0 Å². The van der Waals surface area contributed by atoms with Gasteiger partial charge in [0.15, 0.2) is 0 Å². The van der Waals surface area contributed by atoms with E-state index in [9.17, 15) is 13.2 Å². The zero-order chi connectivity index (χ0) is 13.6. The lowest BCUT2D eigenvalue weighted by Crippen LogP contribution is -2.28. The second kappa shape index (κ2) is 6.76. The number of amides is 1. The molecule has 0 aromatic heterocycles. The molecule has 0 aromatic rings. The Labute approximate surface area is 103 Å². The Kier molecular flexibility index (Phi) is 6.41. The van der Waals surface area contributed by atoms with Gasteiger partial charge in [0, 0.05) is 19.2 Å². The monoisotopic (exact) mass is 263 g/mol. The highest BCUT2D eigenvalue weighted by Gasteiger charge is 2.16. The molecule has 1 amide bonds. The molecular weight excluding hydrogens is 242 g/mol. The van der Waals surface area contributed by atoms with Crippen LogP contribution in [-0.2, 0) is 14.9 Å². The molecule has 17 heavy (non-hydrogen) atoms. The van der Waals surface area contributed by atoms with Crippen LogP contribution < -0.4 is 0 Å². The summed E-state index contributed by atoms with van der Waals surface area (Å²) in [5.41, 5.74) is 0.485. The summed E-state index contributed by atoms with van der Waals surface area (Å²) in [4.78, 5) is 13.0. The molecule has 0 bridgehead atoms. The molecule has 0 radical (unpaired) electrons. The maximum atomic E-state index is 11.4. The lowest BCUT2D eigenvalue weighted by molar-refractivity contribution is -0.125. The second-order valence-electron chi connectivity index (χ2n) is 4.33. The summed E-state index contributed by atoms with van der Waals surface area (Å²) < 4.78 is 30.2. The van der Waals surface area contributed by atoms with Crippen LogP contribution in [0.1, 0.15) is 33.1 Å². The van der Waals surface area contributed by atoms with E-state index < -0.39 is 15.4 Å². The SMILES string of the molecule is C=C(C)C(=O)N(C)CCCCC(C)S(=O)(=O)O. The number of hydrogen-bond donors (Lipinski definition) is 1. The van der Waals surface area contributed by atoms with Gasteiger partial charge >= 0.3 is 0 Å². The Bertz CT molecular complexity index is 375. The van der Waals surface area contributed by atoms with Crippen LogP contribution in [0.15, 0.2) is 12.2 Å². The van der Waals surface area contributed by atoms with Crippen LogP contribution in [0, 0.1) is 0 Å². The van der Waals surface area contributed by atoms with Gasteiger partial charge in [-0.05, 0) is 26.7 Å². The molecule has 0 aliphatic heterocycles. The molecule has 0 aromatic carbocycles. The first kappa shape index (κ1) is 16.1. The number of rotatable bonds is 7. The van der Waals surface area contributed by atoms with Crippen molar-refractivity contribution >= 4 is 16.0 Å². The zero-order valence-electron chi connectivity index (χ0n) is 10.6. The molecule has 1 unspecified atom stereocenters. The quantitative estimate of drug-likeness (QED) is 0.429. The van der Waals surface area contributed by atoms with Crippen LogP contribution in [0.3, 0.4) is 0 Å². The Morgan fingerprint density at radius 1 is 1.41 bits per heavy atom. The van der Waals surface area contributed by atoms with Crippen molar-refractivity contribution in [2.24, 2.45) is 0 Å². The van der Waals surface area contributed by atoms with Gasteiger partial charge in [-0.3, -0.25) is 9.35 Å². The molecule has 1 atom stereocenters. The fourth-order valence-corrected chi connectivity index (χ4v) is 1.82. The smallest absolute Gasteiger partial charge is 0.267 e. The lowest BCUT2D eigenvalue weighted by Gasteiger charge is -2.17. The third-order valence-corrected chi connectivity index (χ3v) is 3.83. The summed E-state index contributed by atoms with van der Waals surface area (Å²) in [7, 11) is -2.24. The number of likely N-dealkylation sites (N-methyl/N-ethyl adjacent to an activating group) is 1. The van der Waals surface area contributed by atoms with E-state index in [1.807, 2.05) is 0 Å². The van der Waals surface area contributed by atoms with E-state index in [-0.39, 0.29) is 5.91 Å². The minimum Gasteiger partial charge on any atom is -0.342 e. The van der Waals surface area contributed by atoms with Crippen molar-refractivity contribution in [1.29, 1.82) is 0 Å². The third-order valence-electron chi connectivity index (χ3n) is 2.57. The van der Waals surface area contributed by atoms with Crippen LogP contribution in [0.2, 0.25) is 0 Å². The summed E-state index contributed by atoms with van der Waals surface area (Å²) in [5, 5.41) is -0.746. The number of hydrogen-bond acceptors (Lipinski definition) is 3. The van der Waals surface area contributed by atoms with E-state index in [0.717, 1.165) is 0 Å². The molecular formula is C11H21NO4S. The van der Waals surface area contributed by atoms with Crippen molar-refractivity contribution in [3.63, 3.8) is 0 Å². The van der Waals surface area contributed by atoms with Crippen molar-refractivity contribution in [3.8, 4) is 0 Å². The Balaban J connectivity index is 3.87. The molecule has 5 nitrogen and oxygen atoms in total. The fourth-order valence-electron chi connectivity index (χ4n) is 1.36. The molecule has 0 saturated carbocycles. The van der Waals surface area contributed by atoms with E-state index in [2.05, 4.69) is 6.58 Å². The molecule has 0 saturated heterocycles. The van der Waals surface area contributed by atoms with E-state index >= 15 is 0 Å². The number of carbonyl (C=O) groups excluding carboxylic acids is 1. The van der Waals surface area contributed by atoms with E-state index in [4.69, 9.17) is 4.55 Å². The van der Waals surface area contributed by atoms with E-state index in [1.54, 1.807) is 18.9 Å². The predicted octanol–water partition coefficient (Wildman–Crippen LogP) is 1.47. The highest BCUT2D eigenvalue weighted by Crippen LogP contribution is 2.09. The minimum atomic E-state index is -3.93. The van der Waals surface area contributed by atoms with Crippen LogP contribution >= 0.6 is 0 Å². The lowest BCUT2D eigenvalue weighted by atomic mass is 10.2. The number of unbranched alkanes of at least 4 members (excludes halogenated alkanes) is 1. The van der Waals surface area contributed by atoms with Gasteiger partial charge in [0.1, 0.15) is 0 Å². The summed E-state index contributed by atoms with van der Waals surface area (Å²) in [6.07, 6.45) is 1.75. The minimum absolute atomic E-state index is 0.104. The third kappa shape index (κ3) is 6.43. The number of nitrogens with zero attached hydrogens (tertiary/aromatic N) is 1. The molecule has 0 aliphatic carbocycles. The zero-order valence-corrected chi connectivity index (χ0v) is 11.5. The first-order valence-corrected chi connectivity index (χ1v) is 7.04. The van der Waals surface area contributed by atoms with Gasteiger partial charge in [0.05, 0.1) is 5.25 Å². The molecule has 0 fully saturated rings. The standard InChI is InChI=1S/C11H21NO4S/c1-9(2)11(13)12(4)8-6-5-7-10(3)17(14,15)16/h10H,1,5-8H2,2-4H3,(H,14,15,16). The molecule has 0 aliphatic rings. The van der Waals surface area contributed by atoms with Crippen molar-refractivity contribution in [2.45, 2.75) is 38.4 Å². The van der Waals surface area contributed by atoms with Crippen molar-refractivity contribution in [1.82, 2.24) is 4.90 Å². The van der Waals surface area contributed by atoms with Crippen LogP contribution in [0.5, 0.6) is 0 Å². The van der Waals surface area contributed by atoms with Crippen LogP contribution in [0.4, 0.5) is 0 Å². The summed E-state index contributed by atoms with van der Waals surface area (Å²) in [6.45, 7) is 7.24. The molecule has 1 N–H and O–H groups in total. The van der Waals surface area contributed by atoms with Gasteiger partial charge in [-0.15, -0.1) is 0 Å². The Hall–Kier alpha value is -0.880. The summed E-state index contributed by atoms with van der Waals surface area (Å²) in [5.74, 6) is -0.104. The van der Waals surface area contributed by atoms with Gasteiger partial charge in [-0.25, -0.2) is 0 Å². The van der Waals surface area contributed by atoms with Crippen molar-refractivity contribution in [3.05, 3.63) is 12.2 Å². The van der Waals surface area contributed by atoms with Crippen molar-refractivity contribution < 1.29 is 17.8 Å². The average Bonchev–Trinajstić information content (AvgIpc) is 2.20. The van der Waals surface area contributed by atoms with Gasteiger partial charge in [-0.1, -0.05) is 13.0 Å².